The van der Waals surface area contributed by atoms with Gasteiger partial charge in [0.05, 0.1) is 17.1 Å². The van der Waals surface area contributed by atoms with Gasteiger partial charge in [-0.1, -0.05) is 34.7 Å². The van der Waals surface area contributed by atoms with Crippen molar-refractivity contribution >= 4 is 22.6 Å². The monoisotopic (exact) mass is 312 g/mol. The van der Waals surface area contributed by atoms with Gasteiger partial charge in [-0.3, -0.25) is 0 Å². The minimum Gasteiger partial charge on any atom is -0.381 e. The van der Waals surface area contributed by atoms with E-state index < -0.39 is 0 Å². The molecular weight excluding hydrogens is 295 g/mol. The van der Waals surface area contributed by atoms with E-state index in [0.29, 0.717) is 17.1 Å². The summed E-state index contributed by atoms with van der Waals surface area (Å²) in [5, 5.41) is 0. The first-order valence-electron chi connectivity index (χ1n) is 4.86. The van der Waals surface area contributed by atoms with Crippen LogP contribution >= 0.6 is 22.6 Å². The van der Waals surface area contributed by atoms with Gasteiger partial charge in [0.25, 0.3) is 0 Å². The minimum absolute atomic E-state index is 0.0310. The number of halogens is 1. The topological polar surface area (TPSA) is 27.7 Å². The number of ether oxygens (including phenoxy) is 3. The zero-order valence-corrected chi connectivity index (χ0v) is 10.6. The largest absolute Gasteiger partial charge is 0.381 e. The lowest BCUT2D eigenvalue weighted by molar-refractivity contribution is -0.148. The van der Waals surface area contributed by atoms with E-state index >= 15 is 0 Å². The Hall–Kier alpha value is 0.350. The van der Waals surface area contributed by atoms with Crippen molar-refractivity contribution in [3.8, 4) is 0 Å². The molecule has 0 spiro atoms. The summed E-state index contributed by atoms with van der Waals surface area (Å²) in [7, 11) is 1.68. The van der Waals surface area contributed by atoms with Crippen molar-refractivity contribution in [2.45, 2.75) is 23.1 Å². The summed E-state index contributed by atoms with van der Waals surface area (Å²) < 4.78 is 16.4. The fourth-order valence-corrected chi connectivity index (χ4v) is 2.11. The van der Waals surface area contributed by atoms with Crippen molar-refractivity contribution in [1.82, 2.24) is 0 Å². The number of alkyl halides is 1. The van der Waals surface area contributed by atoms with Crippen molar-refractivity contribution < 1.29 is 14.2 Å². The summed E-state index contributed by atoms with van der Waals surface area (Å²) >= 11 is 2.39. The molecule has 1 aliphatic rings. The molecule has 0 aromatic carbocycles. The smallest absolute Gasteiger partial charge is 0.169 e. The molecule has 1 heterocycles. The van der Waals surface area contributed by atoms with E-state index in [1.165, 1.54) is 6.42 Å². The predicted molar refractivity (Wildman–Crippen MR) is 63.8 cm³/mol. The molecular formula is C10H17IO3. The Kier molecular flexibility index (Phi) is 6.76. The van der Waals surface area contributed by atoms with Crippen LogP contribution in [0.4, 0.5) is 0 Å². The van der Waals surface area contributed by atoms with Crippen LogP contribution in [-0.2, 0) is 14.2 Å². The van der Waals surface area contributed by atoms with Gasteiger partial charge in [-0.05, 0) is 12.8 Å². The number of hydrogen-bond donors (Lipinski definition) is 0. The van der Waals surface area contributed by atoms with Gasteiger partial charge in [0.15, 0.2) is 6.29 Å². The van der Waals surface area contributed by atoms with E-state index in [-0.39, 0.29) is 6.29 Å². The van der Waals surface area contributed by atoms with Crippen LogP contribution in [0.2, 0.25) is 0 Å². The molecule has 4 heteroatoms. The van der Waals surface area contributed by atoms with Crippen LogP contribution < -0.4 is 0 Å². The lowest BCUT2D eigenvalue weighted by atomic mass is 10.2. The summed E-state index contributed by atoms with van der Waals surface area (Å²) in [4.78, 5) is 0. The van der Waals surface area contributed by atoms with Gasteiger partial charge < -0.3 is 14.2 Å². The third kappa shape index (κ3) is 4.72. The first-order chi connectivity index (χ1) is 6.84. The van der Waals surface area contributed by atoms with Crippen LogP contribution in [-0.4, -0.2) is 37.1 Å². The third-order valence-corrected chi connectivity index (χ3v) is 3.20. The van der Waals surface area contributed by atoms with Crippen LogP contribution in [0.5, 0.6) is 0 Å². The van der Waals surface area contributed by atoms with E-state index in [4.69, 9.17) is 14.2 Å². The quantitative estimate of drug-likeness (QED) is 0.442. The second-order valence-corrected chi connectivity index (χ2v) is 4.76. The van der Waals surface area contributed by atoms with Gasteiger partial charge in [-0.25, -0.2) is 0 Å². The SMILES string of the molecule is COC/C=C/CO[C@@H]1OCCC[C@H]1I. The predicted octanol–water partition coefficient (Wildman–Crippen LogP) is 2.15. The maximum atomic E-state index is 5.57. The molecule has 0 aliphatic carbocycles. The normalized spacial score (nSPS) is 28.4. The van der Waals surface area contributed by atoms with Gasteiger partial charge in [-0.2, -0.15) is 0 Å². The van der Waals surface area contributed by atoms with Gasteiger partial charge in [-0.15, -0.1) is 0 Å². The first-order valence-corrected chi connectivity index (χ1v) is 6.10. The number of methoxy groups -OCH3 is 1. The van der Waals surface area contributed by atoms with Crippen LogP contribution in [0.25, 0.3) is 0 Å². The maximum absolute atomic E-state index is 5.57. The van der Waals surface area contributed by atoms with Crippen molar-refractivity contribution in [3.63, 3.8) is 0 Å². The Balaban J connectivity index is 2.10. The minimum atomic E-state index is -0.0310. The molecule has 0 aromatic rings. The summed E-state index contributed by atoms with van der Waals surface area (Å²) in [5.74, 6) is 0. The Morgan fingerprint density at radius 1 is 1.43 bits per heavy atom. The second-order valence-electron chi connectivity index (χ2n) is 3.16. The molecule has 1 rings (SSSR count). The van der Waals surface area contributed by atoms with E-state index in [2.05, 4.69) is 22.6 Å². The Morgan fingerprint density at radius 3 is 2.93 bits per heavy atom. The molecule has 1 saturated heterocycles. The molecule has 14 heavy (non-hydrogen) atoms. The van der Waals surface area contributed by atoms with Crippen molar-refractivity contribution in [2.24, 2.45) is 0 Å². The van der Waals surface area contributed by atoms with Crippen LogP contribution in [0.3, 0.4) is 0 Å². The molecule has 0 saturated carbocycles. The third-order valence-electron chi connectivity index (χ3n) is 1.99. The summed E-state index contributed by atoms with van der Waals surface area (Å²) in [5.41, 5.74) is 0. The molecule has 0 amide bonds. The van der Waals surface area contributed by atoms with Gasteiger partial charge in [0.2, 0.25) is 0 Å². The molecule has 1 aliphatic heterocycles. The van der Waals surface area contributed by atoms with Crippen molar-refractivity contribution in [3.05, 3.63) is 12.2 Å². The molecule has 0 N–H and O–H groups in total. The number of hydrogen-bond acceptors (Lipinski definition) is 3. The molecule has 2 atom stereocenters. The van der Waals surface area contributed by atoms with Crippen molar-refractivity contribution in [2.75, 3.05) is 26.9 Å². The van der Waals surface area contributed by atoms with Gasteiger partial charge in [0.1, 0.15) is 0 Å². The molecule has 0 bridgehead atoms. The molecule has 82 valence electrons. The second kappa shape index (κ2) is 7.62. The van der Waals surface area contributed by atoms with Gasteiger partial charge >= 0.3 is 0 Å². The van der Waals surface area contributed by atoms with E-state index in [9.17, 15) is 0 Å². The number of rotatable bonds is 5. The molecule has 0 radical (unpaired) electrons. The lowest BCUT2D eigenvalue weighted by Gasteiger charge is -2.27. The maximum Gasteiger partial charge on any atom is 0.169 e. The summed E-state index contributed by atoms with van der Waals surface area (Å²) in [6, 6.07) is 0. The zero-order chi connectivity index (χ0) is 10.2. The van der Waals surface area contributed by atoms with Crippen LogP contribution in [0.15, 0.2) is 12.2 Å². The average molecular weight is 312 g/mol. The van der Waals surface area contributed by atoms with E-state index in [1.807, 2.05) is 12.2 Å². The molecule has 3 nitrogen and oxygen atoms in total. The van der Waals surface area contributed by atoms with E-state index in [1.54, 1.807) is 7.11 Å². The fraction of sp³-hybridized carbons (Fsp3) is 0.800. The highest BCUT2D eigenvalue weighted by atomic mass is 127. The Morgan fingerprint density at radius 2 is 2.21 bits per heavy atom. The summed E-state index contributed by atoms with van der Waals surface area (Å²) in [6.07, 6.45) is 6.21. The van der Waals surface area contributed by atoms with Crippen LogP contribution in [0, 0.1) is 0 Å². The van der Waals surface area contributed by atoms with E-state index in [0.717, 1.165) is 13.0 Å². The Bertz CT molecular complexity index is 173. The molecule has 0 unspecified atom stereocenters. The zero-order valence-electron chi connectivity index (χ0n) is 8.45. The highest BCUT2D eigenvalue weighted by Gasteiger charge is 2.23. The lowest BCUT2D eigenvalue weighted by Crippen LogP contribution is -2.32. The fourth-order valence-electron chi connectivity index (χ4n) is 1.25. The average Bonchev–Trinajstić information content (AvgIpc) is 2.20. The van der Waals surface area contributed by atoms with Crippen molar-refractivity contribution in [1.29, 1.82) is 0 Å². The standard InChI is InChI=1S/C10H17IO3/c1-12-6-2-3-7-13-10-9(11)5-4-8-14-10/h2-3,9-10H,4-8H2,1H3/b3-2+/t9-,10-/m1/s1. The first kappa shape index (κ1) is 12.4. The highest BCUT2D eigenvalue weighted by molar-refractivity contribution is 14.1. The highest BCUT2D eigenvalue weighted by Crippen LogP contribution is 2.22. The van der Waals surface area contributed by atoms with Gasteiger partial charge in [0, 0.05) is 13.7 Å². The molecule has 1 fully saturated rings. The summed E-state index contributed by atoms with van der Waals surface area (Å²) in [6.45, 7) is 2.07. The Labute approximate surface area is 98.9 Å². The van der Waals surface area contributed by atoms with Crippen LogP contribution in [0.1, 0.15) is 12.8 Å². The molecule has 0 aromatic heterocycles.